The molecule has 0 fully saturated rings. The first kappa shape index (κ1) is 17.0. The molecule has 3 rings (SSSR count). The van der Waals surface area contributed by atoms with E-state index in [0.717, 1.165) is 10.4 Å². The van der Waals surface area contributed by atoms with E-state index in [1.807, 2.05) is 0 Å². The molecule has 132 valence electrons. The molecular weight excluding hydrogens is 352 g/mol. The number of sulfonamides is 1. The van der Waals surface area contributed by atoms with Crippen molar-refractivity contribution in [2.45, 2.75) is 24.4 Å². The van der Waals surface area contributed by atoms with Crippen LogP contribution in [0.1, 0.15) is 22.6 Å². The van der Waals surface area contributed by atoms with Crippen LogP contribution in [0.3, 0.4) is 0 Å². The first-order valence-electron chi connectivity index (χ1n) is 7.34. The number of hydrogen-bond donors (Lipinski definition) is 1. The number of aromatic nitrogens is 2. The van der Waals surface area contributed by atoms with E-state index in [1.165, 1.54) is 28.9 Å². The quantitative estimate of drug-likeness (QED) is 0.631. The maximum atomic E-state index is 12.9. The number of nitro groups is 1. The van der Waals surface area contributed by atoms with Gasteiger partial charge in [0.2, 0.25) is 10.0 Å². The number of rotatable bonds is 4. The van der Waals surface area contributed by atoms with Gasteiger partial charge in [-0.05, 0) is 18.6 Å². The lowest BCUT2D eigenvalue weighted by Gasteiger charge is -2.19. The maximum Gasteiger partial charge on any atom is 0.356 e. The van der Waals surface area contributed by atoms with Crippen molar-refractivity contribution in [2.24, 2.45) is 0 Å². The summed E-state index contributed by atoms with van der Waals surface area (Å²) in [6, 6.07) is 6.46. The van der Waals surface area contributed by atoms with Gasteiger partial charge in [-0.25, -0.2) is 13.2 Å². The highest BCUT2D eigenvalue weighted by Gasteiger charge is 2.33. The Kier molecular flexibility index (Phi) is 4.27. The highest BCUT2D eigenvalue weighted by Crippen LogP contribution is 2.28. The molecule has 1 N–H and O–H groups in total. The van der Waals surface area contributed by atoms with Crippen LogP contribution < -0.4 is 0 Å². The molecule has 0 radical (unpaired) electrons. The van der Waals surface area contributed by atoms with E-state index in [4.69, 9.17) is 5.11 Å². The molecule has 0 amide bonds. The lowest BCUT2D eigenvalue weighted by molar-refractivity contribution is -0.387. The van der Waals surface area contributed by atoms with Gasteiger partial charge in [0.15, 0.2) is 10.6 Å². The van der Waals surface area contributed by atoms with Gasteiger partial charge in [0.1, 0.15) is 0 Å². The topological polar surface area (TPSA) is 136 Å². The second-order valence-electron chi connectivity index (χ2n) is 5.47. The molecule has 10 nitrogen and oxygen atoms in total. The molecule has 0 unspecified atom stereocenters. The Morgan fingerprint density at radius 3 is 2.68 bits per heavy atom. The Morgan fingerprint density at radius 2 is 2.00 bits per heavy atom. The van der Waals surface area contributed by atoms with Crippen LogP contribution in [0.5, 0.6) is 0 Å². The Morgan fingerprint density at radius 1 is 1.28 bits per heavy atom. The summed E-state index contributed by atoms with van der Waals surface area (Å²) in [5, 5.41) is 24.1. The zero-order chi connectivity index (χ0) is 18.2. The smallest absolute Gasteiger partial charge is 0.356 e. The Bertz CT molecular complexity index is 952. The fourth-order valence-electron chi connectivity index (χ4n) is 2.71. The van der Waals surface area contributed by atoms with Crippen molar-refractivity contribution in [2.75, 3.05) is 6.54 Å². The van der Waals surface area contributed by atoms with Crippen molar-refractivity contribution in [3.8, 4) is 0 Å². The summed E-state index contributed by atoms with van der Waals surface area (Å²) in [7, 11) is -4.11. The summed E-state index contributed by atoms with van der Waals surface area (Å²) in [5.74, 6) is -1.20. The van der Waals surface area contributed by atoms with Gasteiger partial charge in [-0.3, -0.25) is 14.8 Å². The average Bonchev–Trinajstić information content (AvgIpc) is 2.86. The zero-order valence-corrected chi connectivity index (χ0v) is 13.7. The van der Waals surface area contributed by atoms with Gasteiger partial charge in [0.05, 0.1) is 17.2 Å². The lowest BCUT2D eigenvalue weighted by Crippen LogP contribution is -2.31. The third-order valence-electron chi connectivity index (χ3n) is 3.88. The van der Waals surface area contributed by atoms with Crippen molar-refractivity contribution in [1.29, 1.82) is 0 Å². The van der Waals surface area contributed by atoms with E-state index >= 15 is 0 Å². The van der Waals surface area contributed by atoms with Crippen LogP contribution in [0, 0.1) is 10.1 Å². The molecule has 0 saturated carbocycles. The minimum Gasteiger partial charge on any atom is -0.476 e. The van der Waals surface area contributed by atoms with E-state index in [-0.39, 0.29) is 23.7 Å². The van der Waals surface area contributed by atoms with Gasteiger partial charge in [-0.15, -0.1) is 0 Å². The molecule has 1 aromatic heterocycles. The van der Waals surface area contributed by atoms with E-state index in [1.54, 1.807) is 0 Å². The van der Waals surface area contributed by atoms with Crippen molar-refractivity contribution < 1.29 is 23.2 Å². The first-order chi connectivity index (χ1) is 11.8. The van der Waals surface area contributed by atoms with Gasteiger partial charge >= 0.3 is 5.97 Å². The number of carboxylic acids is 1. The van der Waals surface area contributed by atoms with E-state index in [0.29, 0.717) is 18.7 Å². The standard InChI is InChI=1S/C14H14N4O6S/c19-14(20)11-8-10-9-16(6-3-7-17(10)15-11)25(23,24)13-5-2-1-4-12(13)18(21)22/h1-2,4-5,8H,3,6-7,9H2,(H,19,20). The summed E-state index contributed by atoms with van der Waals surface area (Å²) < 4.78 is 28.4. The van der Waals surface area contributed by atoms with E-state index < -0.39 is 26.6 Å². The van der Waals surface area contributed by atoms with Crippen molar-refractivity contribution in [1.82, 2.24) is 14.1 Å². The lowest BCUT2D eigenvalue weighted by atomic mass is 10.3. The fourth-order valence-corrected chi connectivity index (χ4v) is 4.32. The van der Waals surface area contributed by atoms with Gasteiger partial charge in [-0.2, -0.15) is 9.40 Å². The second-order valence-corrected chi connectivity index (χ2v) is 7.37. The predicted molar refractivity (Wildman–Crippen MR) is 84.5 cm³/mol. The highest BCUT2D eigenvalue weighted by molar-refractivity contribution is 7.89. The maximum absolute atomic E-state index is 12.9. The molecule has 0 spiro atoms. The molecule has 0 aliphatic carbocycles. The number of para-hydroxylation sites is 1. The van der Waals surface area contributed by atoms with E-state index in [9.17, 15) is 23.3 Å². The largest absolute Gasteiger partial charge is 0.476 e. The number of nitrogens with zero attached hydrogens (tertiary/aromatic N) is 4. The van der Waals surface area contributed by atoms with Crippen LogP contribution in [0.2, 0.25) is 0 Å². The van der Waals surface area contributed by atoms with Gasteiger partial charge in [0.25, 0.3) is 5.69 Å². The van der Waals surface area contributed by atoms with Crippen LogP contribution in [-0.2, 0) is 23.1 Å². The highest BCUT2D eigenvalue weighted by atomic mass is 32.2. The normalized spacial score (nSPS) is 15.4. The summed E-state index contributed by atoms with van der Waals surface area (Å²) in [4.78, 5) is 21.1. The summed E-state index contributed by atoms with van der Waals surface area (Å²) in [6.45, 7) is 0.417. The van der Waals surface area contributed by atoms with Gasteiger partial charge < -0.3 is 5.11 Å². The first-order valence-corrected chi connectivity index (χ1v) is 8.78. The molecule has 0 atom stereocenters. The summed E-state index contributed by atoms with van der Waals surface area (Å²) in [6.07, 6.45) is 0.410. The number of carbonyl (C=O) groups is 1. The number of fused-ring (bicyclic) bond motifs is 1. The summed E-state index contributed by atoms with van der Waals surface area (Å²) in [5.41, 5.74) is -0.233. The molecule has 2 aromatic rings. The van der Waals surface area contributed by atoms with Crippen LogP contribution >= 0.6 is 0 Å². The fraction of sp³-hybridized carbons (Fsp3) is 0.286. The number of aromatic carboxylic acids is 1. The number of benzene rings is 1. The Labute approximate surface area is 142 Å². The monoisotopic (exact) mass is 366 g/mol. The van der Waals surface area contributed by atoms with Gasteiger partial charge in [0, 0.05) is 19.2 Å². The third-order valence-corrected chi connectivity index (χ3v) is 5.77. The number of nitro benzene ring substituents is 1. The molecule has 11 heteroatoms. The predicted octanol–water partition coefficient (Wildman–Crippen LogP) is 1.08. The zero-order valence-electron chi connectivity index (χ0n) is 12.9. The van der Waals surface area contributed by atoms with Crippen LogP contribution in [0.4, 0.5) is 5.69 Å². The second kappa shape index (κ2) is 6.26. The molecule has 1 aliphatic rings. The molecule has 0 saturated heterocycles. The molecule has 1 aliphatic heterocycles. The molecule has 1 aromatic carbocycles. The minimum absolute atomic E-state index is 0.103. The summed E-state index contributed by atoms with van der Waals surface area (Å²) >= 11 is 0. The Balaban J connectivity index is 2.00. The molecule has 2 heterocycles. The van der Waals surface area contributed by atoms with Crippen LogP contribution in [0.15, 0.2) is 35.2 Å². The molecule has 25 heavy (non-hydrogen) atoms. The number of aryl methyl sites for hydroxylation is 1. The van der Waals surface area contributed by atoms with Gasteiger partial charge in [-0.1, -0.05) is 12.1 Å². The average molecular weight is 366 g/mol. The SMILES string of the molecule is O=C(O)c1cc2n(n1)CCCN(S(=O)(=O)c1ccccc1[N+](=O)[O-])C2. The van der Waals surface area contributed by atoms with Crippen molar-refractivity contribution in [3.63, 3.8) is 0 Å². The molecular formula is C14H14N4O6S. The van der Waals surface area contributed by atoms with Crippen molar-refractivity contribution >= 4 is 21.7 Å². The molecule has 0 bridgehead atoms. The van der Waals surface area contributed by atoms with Crippen LogP contribution in [-0.4, -0.2) is 45.0 Å². The number of hydrogen-bond acceptors (Lipinski definition) is 6. The number of carboxylic acid groups (broad SMARTS) is 1. The third kappa shape index (κ3) is 3.10. The minimum atomic E-state index is -4.11. The van der Waals surface area contributed by atoms with E-state index in [2.05, 4.69) is 5.10 Å². The van der Waals surface area contributed by atoms with Crippen molar-refractivity contribution in [3.05, 3.63) is 51.8 Å². The Hall–Kier alpha value is -2.79. The van der Waals surface area contributed by atoms with Crippen LogP contribution in [0.25, 0.3) is 0 Å².